The molecule has 1 fully saturated rings. The minimum absolute atomic E-state index is 0.0799. The number of carboxylic acid groups (broad SMARTS) is 1. The van der Waals surface area contributed by atoms with Crippen molar-refractivity contribution in [3.05, 3.63) is 9.47 Å². The van der Waals surface area contributed by atoms with Gasteiger partial charge in [-0.3, -0.25) is 0 Å². The predicted octanol–water partition coefficient (Wildman–Crippen LogP) is 1.64. The Morgan fingerprint density at radius 2 is 2.00 bits per heavy atom. The highest BCUT2D eigenvalue weighted by Crippen LogP contribution is 2.59. The van der Waals surface area contributed by atoms with Crippen LogP contribution in [0.4, 0.5) is 0 Å². The normalized spacial score (nSPS) is 31.0. The SMILES string of the molecule is CC1(C)[C@H](C=C(Br)Br)[C@H]1C(=O)[O-]. The van der Waals surface area contributed by atoms with Crippen molar-refractivity contribution in [3.8, 4) is 0 Å². The van der Waals surface area contributed by atoms with E-state index in [1.165, 1.54) is 0 Å². The van der Waals surface area contributed by atoms with Crippen LogP contribution in [0.5, 0.6) is 0 Å². The van der Waals surface area contributed by atoms with Crippen molar-refractivity contribution in [2.75, 3.05) is 0 Å². The summed E-state index contributed by atoms with van der Waals surface area (Å²) in [6.45, 7) is 3.86. The zero-order valence-electron chi connectivity index (χ0n) is 6.80. The number of hydrogen-bond donors (Lipinski definition) is 0. The van der Waals surface area contributed by atoms with Crippen molar-refractivity contribution in [3.63, 3.8) is 0 Å². The standard InChI is InChI=1S/C8H10Br2O2/c1-8(2)4(3-5(9)10)6(8)7(11)12/h3-4,6H,1-2H3,(H,11,12)/p-1/t4-,6+/m1/s1. The van der Waals surface area contributed by atoms with Crippen LogP contribution >= 0.6 is 31.9 Å². The Morgan fingerprint density at radius 1 is 1.50 bits per heavy atom. The Kier molecular flexibility index (Phi) is 2.69. The number of carboxylic acids is 1. The fourth-order valence-electron chi connectivity index (χ4n) is 1.57. The summed E-state index contributed by atoms with van der Waals surface area (Å²) in [5, 5.41) is 10.6. The lowest BCUT2D eigenvalue weighted by Crippen LogP contribution is -2.26. The molecule has 1 aliphatic rings. The molecule has 0 unspecified atom stereocenters. The lowest BCUT2D eigenvalue weighted by Gasteiger charge is -2.01. The van der Waals surface area contributed by atoms with Crippen molar-refractivity contribution in [1.82, 2.24) is 0 Å². The van der Waals surface area contributed by atoms with Crippen LogP contribution in [-0.4, -0.2) is 5.97 Å². The molecule has 1 rings (SSSR count). The molecular formula is C8H9Br2O2-. The highest BCUT2D eigenvalue weighted by molar-refractivity contribution is 9.28. The molecule has 0 aromatic heterocycles. The molecule has 2 nitrogen and oxygen atoms in total. The number of carbonyl (C=O) groups is 1. The van der Waals surface area contributed by atoms with Gasteiger partial charge in [0.05, 0.1) is 3.39 Å². The van der Waals surface area contributed by atoms with Gasteiger partial charge in [0, 0.05) is 11.9 Å². The lowest BCUT2D eigenvalue weighted by atomic mass is 10.1. The first-order chi connectivity index (χ1) is 5.37. The van der Waals surface area contributed by atoms with Gasteiger partial charge in [-0.05, 0) is 43.2 Å². The van der Waals surface area contributed by atoms with Gasteiger partial charge in [-0.15, -0.1) is 0 Å². The van der Waals surface area contributed by atoms with Crippen molar-refractivity contribution in [2.45, 2.75) is 13.8 Å². The molecule has 2 atom stereocenters. The zero-order valence-corrected chi connectivity index (χ0v) is 9.98. The first-order valence-electron chi connectivity index (χ1n) is 3.61. The highest BCUT2D eigenvalue weighted by atomic mass is 79.9. The van der Waals surface area contributed by atoms with Crippen molar-refractivity contribution >= 4 is 37.8 Å². The van der Waals surface area contributed by atoms with Crippen LogP contribution in [0.2, 0.25) is 0 Å². The predicted molar refractivity (Wildman–Crippen MR) is 51.7 cm³/mol. The summed E-state index contributed by atoms with van der Waals surface area (Å²) in [5.74, 6) is -1.22. The quantitative estimate of drug-likeness (QED) is 0.777. The molecule has 1 saturated carbocycles. The monoisotopic (exact) mass is 295 g/mol. The molecule has 0 radical (unpaired) electrons. The smallest absolute Gasteiger partial charge is 0.0567 e. The molecule has 68 valence electrons. The fraction of sp³-hybridized carbons (Fsp3) is 0.625. The number of rotatable bonds is 2. The Bertz CT molecular complexity index is 241. The molecule has 0 saturated heterocycles. The van der Waals surface area contributed by atoms with E-state index in [1.807, 2.05) is 19.9 Å². The molecule has 0 N–H and O–H groups in total. The summed E-state index contributed by atoms with van der Waals surface area (Å²) in [5.41, 5.74) is -0.161. The van der Waals surface area contributed by atoms with E-state index < -0.39 is 5.97 Å². The van der Waals surface area contributed by atoms with Gasteiger partial charge in [-0.2, -0.15) is 0 Å². The number of aliphatic carboxylic acids is 1. The molecule has 12 heavy (non-hydrogen) atoms. The molecule has 0 aliphatic heterocycles. The van der Waals surface area contributed by atoms with Gasteiger partial charge in [-0.25, -0.2) is 0 Å². The number of allylic oxidation sites excluding steroid dienone is 1. The zero-order chi connectivity index (χ0) is 9.52. The molecule has 0 spiro atoms. The number of halogens is 2. The number of hydrogen-bond acceptors (Lipinski definition) is 2. The third kappa shape index (κ3) is 1.74. The molecule has 0 heterocycles. The molecule has 4 heteroatoms. The van der Waals surface area contributed by atoms with Gasteiger partial charge in [0.15, 0.2) is 0 Å². The maximum atomic E-state index is 10.6. The van der Waals surface area contributed by atoms with E-state index in [-0.39, 0.29) is 17.3 Å². The minimum Gasteiger partial charge on any atom is -0.550 e. The second-order valence-corrected chi connectivity index (χ2v) is 6.37. The average Bonchev–Trinajstić information content (AvgIpc) is 2.32. The van der Waals surface area contributed by atoms with E-state index in [9.17, 15) is 9.90 Å². The maximum Gasteiger partial charge on any atom is 0.0567 e. The van der Waals surface area contributed by atoms with Crippen LogP contribution < -0.4 is 5.11 Å². The van der Waals surface area contributed by atoms with Crippen LogP contribution in [0.1, 0.15) is 13.8 Å². The van der Waals surface area contributed by atoms with E-state index in [2.05, 4.69) is 31.9 Å². The first-order valence-corrected chi connectivity index (χ1v) is 5.19. The van der Waals surface area contributed by atoms with Crippen molar-refractivity contribution in [2.24, 2.45) is 17.3 Å². The third-order valence-electron chi connectivity index (χ3n) is 2.47. The van der Waals surface area contributed by atoms with E-state index in [1.54, 1.807) is 0 Å². The summed E-state index contributed by atoms with van der Waals surface area (Å²) >= 11 is 6.42. The van der Waals surface area contributed by atoms with Gasteiger partial charge in [-0.1, -0.05) is 19.9 Å². The molecule has 1 aliphatic carbocycles. The summed E-state index contributed by atoms with van der Waals surface area (Å²) in [7, 11) is 0. The van der Waals surface area contributed by atoms with Gasteiger partial charge < -0.3 is 9.90 Å². The second kappa shape index (κ2) is 3.14. The van der Waals surface area contributed by atoms with Crippen LogP contribution in [-0.2, 0) is 4.79 Å². The summed E-state index contributed by atoms with van der Waals surface area (Å²) in [4.78, 5) is 10.6. The summed E-state index contributed by atoms with van der Waals surface area (Å²) in [6.07, 6.45) is 1.86. The van der Waals surface area contributed by atoms with E-state index >= 15 is 0 Å². The van der Waals surface area contributed by atoms with Gasteiger partial charge in [0.25, 0.3) is 0 Å². The Labute approximate surface area is 88.3 Å². The molecule has 0 bridgehead atoms. The summed E-state index contributed by atoms with van der Waals surface area (Å²) < 4.78 is 0.803. The maximum absolute atomic E-state index is 10.6. The second-order valence-electron chi connectivity index (χ2n) is 3.60. The fourth-order valence-corrected chi connectivity index (χ4v) is 2.14. The van der Waals surface area contributed by atoms with Crippen LogP contribution in [0.25, 0.3) is 0 Å². The number of carbonyl (C=O) groups excluding carboxylic acids is 1. The van der Waals surface area contributed by atoms with Crippen LogP contribution in [0, 0.1) is 17.3 Å². The highest BCUT2D eigenvalue weighted by Gasteiger charge is 2.57. The van der Waals surface area contributed by atoms with Crippen LogP contribution in [0.15, 0.2) is 9.47 Å². The van der Waals surface area contributed by atoms with Crippen molar-refractivity contribution in [1.29, 1.82) is 0 Å². The molecule has 0 aromatic carbocycles. The lowest BCUT2D eigenvalue weighted by molar-refractivity contribution is -0.308. The van der Waals surface area contributed by atoms with Crippen LogP contribution in [0.3, 0.4) is 0 Å². The Hall–Kier alpha value is 0.170. The average molecular weight is 297 g/mol. The van der Waals surface area contributed by atoms with E-state index in [0.717, 1.165) is 3.39 Å². The van der Waals surface area contributed by atoms with Gasteiger partial charge >= 0.3 is 0 Å². The Balaban J connectivity index is 2.73. The Morgan fingerprint density at radius 3 is 2.25 bits per heavy atom. The summed E-state index contributed by atoms with van der Waals surface area (Å²) in [6, 6.07) is 0. The van der Waals surface area contributed by atoms with E-state index in [0.29, 0.717) is 0 Å². The molecular weight excluding hydrogens is 288 g/mol. The third-order valence-corrected chi connectivity index (χ3v) is 3.00. The topological polar surface area (TPSA) is 40.1 Å². The van der Waals surface area contributed by atoms with Gasteiger partial charge in [0.1, 0.15) is 0 Å². The van der Waals surface area contributed by atoms with Gasteiger partial charge in [0.2, 0.25) is 0 Å². The van der Waals surface area contributed by atoms with E-state index in [4.69, 9.17) is 0 Å². The first kappa shape index (κ1) is 10.3. The molecule has 0 aromatic rings. The minimum atomic E-state index is -0.956. The largest absolute Gasteiger partial charge is 0.550 e. The van der Waals surface area contributed by atoms with Crippen molar-refractivity contribution < 1.29 is 9.90 Å². The molecule has 0 amide bonds.